The molecule has 1 aromatic heterocycles. The number of pyridine rings is 1. The molecular formula is C6H6ClN3O2S. The van der Waals surface area contributed by atoms with E-state index in [0.29, 0.717) is 16.5 Å². The van der Waals surface area contributed by atoms with Gasteiger partial charge >= 0.3 is 0 Å². The van der Waals surface area contributed by atoms with Gasteiger partial charge in [-0.3, -0.25) is 4.72 Å². The van der Waals surface area contributed by atoms with Crippen molar-refractivity contribution >= 4 is 27.5 Å². The Morgan fingerprint density at radius 2 is 2.23 bits per heavy atom. The number of hydrogen-bond acceptors (Lipinski definition) is 3. The van der Waals surface area contributed by atoms with Gasteiger partial charge in [-0.1, -0.05) is 11.6 Å². The van der Waals surface area contributed by atoms with E-state index in [1.807, 2.05) is 0 Å². The van der Waals surface area contributed by atoms with Crippen molar-refractivity contribution in [3.05, 3.63) is 23.0 Å². The molecule has 0 saturated carbocycles. The molecule has 0 spiro atoms. The first-order valence-corrected chi connectivity index (χ1v) is 5.36. The minimum Gasteiger partial charge on any atom is -0.269 e. The molecule has 13 heavy (non-hydrogen) atoms. The summed E-state index contributed by atoms with van der Waals surface area (Å²) >= 11 is 5.63. The summed E-state index contributed by atoms with van der Waals surface area (Å²) in [4.78, 5) is 3.96. The van der Waals surface area contributed by atoms with E-state index in [-0.39, 0.29) is 6.54 Å². The highest BCUT2D eigenvalue weighted by Crippen LogP contribution is 2.20. The third-order valence-electron chi connectivity index (χ3n) is 1.61. The topological polar surface area (TPSA) is 71.1 Å². The Hall–Kier alpha value is -0.850. The van der Waals surface area contributed by atoms with E-state index >= 15 is 0 Å². The number of anilines is 1. The van der Waals surface area contributed by atoms with Crippen LogP contribution in [0.15, 0.2) is 12.1 Å². The smallest absolute Gasteiger partial charge is 0.269 e. The average Bonchev–Trinajstić information content (AvgIpc) is 2.05. The fourth-order valence-corrected chi connectivity index (χ4v) is 2.09. The summed E-state index contributed by atoms with van der Waals surface area (Å²) < 4.78 is 26.6. The van der Waals surface area contributed by atoms with Gasteiger partial charge < -0.3 is 0 Å². The maximum atomic E-state index is 11.0. The number of nitrogens with one attached hydrogen (secondary N) is 2. The van der Waals surface area contributed by atoms with Crippen LogP contribution in [-0.2, 0) is 16.8 Å². The molecule has 0 atom stereocenters. The molecule has 0 radical (unpaired) electrons. The van der Waals surface area contributed by atoms with E-state index in [1.54, 1.807) is 6.07 Å². The fraction of sp³-hybridized carbons (Fsp3) is 0.167. The van der Waals surface area contributed by atoms with Crippen molar-refractivity contribution in [3.8, 4) is 0 Å². The molecule has 7 heteroatoms. The predicted octanol–water partition coefficient (Wildman–Crippen LogP) is 0.495. The third kappa shape index (κ3) is 1.74. The zero-order valence-electron chi connectivity index (χ0n) is 6.41. The summed E-state index contributed by atoms with van der Waals surface area (Å²) in [5, 5.41) is 0.349. The van der Waals surface area contributed by atoms with Crippen LogP contribution in [0.5, 0.6) is 0 Å². The van der Waals surface area contributed by atoms with Crippen molar-refractivity contribution in [1.29, 1.82) is 0 Å². The zero-order chi connectivity index (χ0) is 9.47. The van der Waals surface area contributed by atoms with E-state index in [4.69, 9.17) is 11.6 Å². The van der Waals surface area contributed by atoms with Gasteiger partial charge in [0.1, 0.15) is 5.15 Å². The first-order valence-electron chi connectivity index (χ1n) is 3.50. The highest BCUT2D eigenvalue weighted by molar-refractivity contribution is 7.90. The highest BCUT2D eigenvalue weighted by Gasteiger charge is 2.19. The zero-order valence-corrected chi connectivity index (χ0v) is 7.98. The maximum absolute atomic E-state index is 11.0. The second-order valence-corrected chi connectivity index (χ2v) is 4.44. The lowest BCUT2D eigenvalue weighted by Crippen LogP contribution is -2.34. The summed E-state index contributed by atoms with van der Waals surface area (Å²) in [5.41, 5.74) is 1.07. The molecular weight excluding hydrogens is 214 g/mol. The van der Waals surface area contributed by atoms with Gasteiger partial charge in [0, 0.05) is 0 Å². The first-order chi connectivity index (χ1) is 6.07. The van der Waals surface area contributed by atoms with Gasteiger partial charge in [-0.25, -0.2) is 4.98 Å². The van der Waals surface area contributed by atoms with Crippen LogP contribution in [0.2, 0.25) is 5.15 Å². The van der Waals surface area contributed by atoms with Gasteiger partial charge in [-0.2, -0.15) is 13.1 Å². The standard InChI is InChI=1S/C6H6ClN3O2S/c7-6-2-1-4-5(9-6)3-8-13(11,12)10-4/h1-2,8,10H,3H2. The Balaban J connectivity index is 2.48. The van der Waals surface area contributed by atoms with Gasteiger partial charge in [0.25, 0.3) is 10.2 Å². The minimum absolute atomic E-state index is 0.172. The minimum atomic E-state index is -3.39. The molecule has 1 aliphatic rings. The number of hydrogen-bond donors (Lipinski definition) is 2. The molecule has 0 amide bonds. The lowest BCUT2D eigenvalue weighted by atomic mass is 10.3. The highest BCUT2D eigenvalue weighted by atomic mass is 35.5. The van der Waals surface area contributed by atoms with Gasteiger partial charge in [0.2, 0.25) is 0 Å². The van der Waals surface area contributed by atoms with Crippen molar-refractivity contribution in [2.45, 2.75) is 6.54 Å². The molecule has 0 bridgehead atoms. The van der Waals surface area contributed by atoms with Crippen LogP contribution in [-0.4, -0.2) is 13.4 Å². The number of nitrogens with zero attached hydrogens (tertiary/aromatic N) is 1. The molecule has 0 aliphatic carbocycles. The van der Waals surface area contributed by atoms with Crippen LogP contribution in [0.3, 0.4) is 0 Å². The lowest BCUT2D eigenvalue weighted by Gasteiger charge is -2.17. The van der Waals surface area contributed by atoms with E-state index < -0.39 is 10.2 Å². The quantitative estimate of drug-likeness (QED) is 0.624. The fourth-order valence-electron chi connectivity index (χ4n) is 1.05. The normalized spacial score (nSPS) is 18.8. The van der Waals surface area contributed by atoms with Crippen LogP contribution in [0.4, 0.5) is 5.69 Å². The molecule has 5 nitrogen and oxygen atoms in total. The lowest BCUT2D eigenvalue weighted by molar-refractivity contribution is 0.583. The number of fused-ring (bicyclic) bond motifs is 1. The van der Waals surface area contributed by atoms with Crippen molar-refractivity contribution in [2.24, 2.45) is 0 Å². The summed E-state index contributed by atoms with van der Waals surface area (Å²) in [7, 11) is -3.39. The maximum Gasteiger partial charge on any atom is 0.299 e. The summed E-state index contributed by atoms with van der Waals surface area (Å²) in [6.45, 7) is 0.172. The Morgan fingerprint density at radius 1 is 1.46 bits per heavy atom. The predicted molar refractivity (Wildman–Crippen MR) is 48.6 cm³/mol. The average molecular weight is 220 g/mol. The molecule has 0 saturated heterocycles. The Morgan fingerprint density at radius 3 is 3.00 bits per heavy atom. The number of aromatic nitrogens is 1. The monoisotopic (exact) mass is 219 g/mol. The molecule has 0 unspecified atom stereocenters. The largest absolute Gasteiger partial charge is 0.299 e. The van der Waals surface area contributed by atoms with E-state index in [9.17, 15) is 8.42 Å². The molecule has 2 rings (SSSR count). The van der Waals surface area contributed by atoms with Crippen LogP contribution in [0.1, 0.15) is 5.69 Å². The number of rotatable bonds is 0. The second kappa shape index (κ2) is 2.83. The van der Waals surface area contributed by atoms with E-state index in [0.717, 1.165) is 0 Å². The van der Waals surface area contributed by atoms with Crippen molar-refractivity contribution < 1.29 is 8.42 Å². The van der Waals surface area contributed by atoms with Crippen LogP contribution < -0.4 is 9.44 Å². The van der Waals surface area contributed by atoms with Crippen LogP contribution in [0.25, 0.3) is 0 Å². The van der Waals surface area contributed by atoms with E-state index in [2.05, 4.69) is 14.4 Å². The summed E-state index contributed by atoms with van der Waals surface area (Å²) in [6.07, 6.45) is 0. The SMILES string of the molecule is O=S1(=O)NCc2nc(Cl)ccc2N1. The first kappa shape index (κ1) is 8.74. The molecule has 0 aromatic carbocycles. The molecule has 0 fully saturated rings. The molecule has 1 aromatic rings. The number of halogens is 1. The molecule has 2 heterocycles. The van der Waals surface area contributed by atoms with E-state index in [1.165, 1.54) is 6.07 Å². The molecule has 2 N–H and O–H groups in total. The van der Waals surface area contributed by atoms with Gasteiger partial charge in [0.15, 0.2) is 0 Å². The molecule has 1 aliphatic heterocycles. The Bertz CT molecular complexity index is 445. The van der Waals surface area contributed by atoms with Gasteiger partial charge in [0.05, 0.1) is 17.9 Å². The summed E-state index contributed by atoms with van der Waals surface area (Å²) in [5.74, 6) is 0. The van der Waals surface area contributed by atoms with Crippen LogP contribution in [0, 0.1) is 0 Å². The van der Waals surface area contributed by atoms with Gasteiger partial charge in [-0.15, -0.1) is 0 Å². The van der Waals surface area contributed by atoms with Gasteiger partial charge in [-0.05, 0) is 12.1 Å². The Kier molecular flexibility index (Phi) is 1.90. The molecule has 70 valence electrons. The van der Waals surface area contributed by atoms with Crippen molar-refractivity contribution in [3.63, 3.8) is 0 Å². The third-order valence-corrected chi connectivity index (χ3v) is 2.84. The van der Waals surface area contributed by atoms with Crippen LogP contribution >= 0.6 is 11.6 Å². The summed E-state index contributed by atoms with van der Waals surface area (Å²) in [6, 6.07) is 3.12. The van der Waals surface area contributed by atoms with Crippen molar-refractivity contribution in [1.82, 2.24) is 9.71 Å². The van der Waals surface area contributed by atoms with Crippen molar-refractivity contribution in [2.75, 3.05) is 4.72 Å². The second-order valence-electron chi connectivity index (χ2n) is 2.55. The Labute approximate surface area is 80.3 Å².